The van der Waals surface area contributed by atoms with Gasteiger partial charge >= 0.3 is 6.18 Å². The van der Waals surface area contributed by atoms with E-state index in [4.69, 9.17) is 5.73 Å². The minimum atomic E-state index is -4.37. The van der Waals surface area contributed by atoms with Gasteiger partial charge in [0.2, 0.25) is 0 Å². The van der Waals surface area contributed by atoms with Crippen LogP contribution in [0.15, 0.2) is 41.9 Å². The Balaban J connectivity index is 1.52. The molecule has 0 amide bonds. The van der Waals surface area contributed by atoms with Gasteiger partial charge in [-0.3, -0.25) is 4.68 Å². The van der Waals surface area contributed by atoms with Gasteiger partial charge in [0, 0.05) is 36.1 Å². The fourth-order valence-electron chi connectivity index (χ4n) is 3.67. The van der Waals surface area contributed by atoms with E-state index in [1.165, 1.54) is 41.9 Å². The van der Waals surface area contributed by atoms with E-state index in [9.17, 15) is 13.2 Å². The van der Waals surface area contributed by atoms with E-state index >= 15 is 0 Å². The molecule has 0 saturated heterocycles. The number of benzene rings is 1. The quantitative estimate of drug-likeness (QED) is 0.564. The molecule has 8 heteroatoms. The summed E-state index contributed by atoms with van der Waals surface area (Å²) >= 11 is 1.53. The SMILES string of the molecule is Cn1ncc(C2CC2)c1-c1csc(N[C@H](CN)Cc2ccccc2C(F)(F)F)c1. The van der Waals surface area contributed by atoms with Crippen LogP contribution >= 0.6 is 11.3 Å². The number of aromatic nitrogens is 2. The Kier molecular flexibility index (Phi) is 5.40. The highest BCUT2D eigenvalue weighted by atomic mass is 32.1. The first-order valence-electron chi connectivity index (χ1n) is 9.59. The summed E-state index contributed by atoms with van der Waals surface area (Å²) in [5, 5.41) is 10.7. The Morgan fingerprint density at radius 3 is 2.76 bits per heavy atom. The van der Waals surface area contributed by atoms with E-state index in [1.54, 1.807) is 6.07 Å². The first kappa shape index (κ1) is 20.0. The third-order valence-corrected chi connectivity index (χ3v) is 6.14. The largest absolute Gasteiger partial charge is 0.416 e. The Morgan fingerprint density at radius 2 is 2.07 bits per heavy atom. The van der Waals surface area contributed by atoms with E-state index in [2.05, 4.69) is 15.8 Å². The number of rotatable bonds is 7. The number of hydrogen-bond donors (Lipinski definition) is 2. The monoisotopic (exact) mass is 420 g/mol. The summed E-state index contributed by atoms with van der Waals surface area (Å²) < 4.78 is 41.7. The molecule has 0 aliphatic heterocycles. The Bertz CT molecular complexity index is 988. The number of aryl methyl sites for hydroxylation is 1. The highest BCUT2D eigenvalue weighted by molar-refractivity contribution is 7.14. The van der Waals surface area contributed by atoms with E-state index in [-0.39, 0.29) is 24.6 Å². The zero-order valence-electron chi connectivity index (χ0n) is 16.0. The van der Waals surface area contributed by atoms with E-state index in [0.717, 1.165) is 22.3 Å². The topological polar surface area (TPSA) is 55.9 Å². The fourth-order valence-corrected chi connectivity index (χ4v) is 4.54. The first-order chi connectivity index (χ1) is 13.9. The molecule has 1 atom stereocenters. The molecule has 1 saturated carbocycles. The highest BCUT2D eigenvalue weighted by Gasteiger charge is 2.33. The molecule has 2 aromatic heterocycles. The summed E-state index contributed by atoms with van der Waals surface area (Å²) in [5.41, 5.74) is 8.98. The number of alkyl halides is 3. The van der Waals surface area contributed by atoms with Crippen molar-refractivity contribution in [2.75, 3.05) is 11.9 Å². The van der Waals surface area contributed by atoms with Gasteiger partial charge in [0.15, 0.2) is 0 Å². The average molecular weight is 421 g/mol. The van der Waals surface area contributed by atoms with Crippen molar-refractivity contribution in [2.45, 2.75) is 37.4 Å². The minimum absolute atomic E-state index is 0.207. The van der Waals surface area contributed by atoms with Crippen molar-refractivity contribution in [1.29, 1.82) is 0 Å². The maximum absolute atomic E-state index is 13.3. The predicted octanol–water partition coefficient (Wildman–Crippen LogP) is 5.03. The lowest BCUT2D eigenvalue weighted by atomic mass is 10.00. The second-order valence-electron chi connectivity index (χ2n) is 7.48. The standard InChI is InChI=1S/C21H23F3N4S/c1-28-20(17(11-26-28)13-6-7-13)15-9-19(29-12-15)27-16(10-25)8-14-4-2-3-5-18(14)21(22,23)24/h2-5,9,11-13,16,27H,6-8,10,25H2,1H3/t16-/m0/s1. The van der Waals surface area contributed by atoms with Crippen LogP contribution in [0.25, 0.3) is 11.3 Å². The van der Waals surface area contributed by atoms with Gasteiger partial charge in [-0.1, -0.05) is 18.2 Å². The zero-order valence-corrected chi connectivity index (χ0v) is 16.9. The van der Waals surface area contributed by atoms with Crippen molar-refractivity contribution >= 4 is 16.3 Å². The fraction of sp³-hybridized carbons (Fsp3) is 0.381. The smallest absolute Gasteiger partial charge is 0.373 e. The second kappa shape index (κ2) is 7.84. The summed E-state index contributed by atoms with van der Waals surface area (Å²) in [6.45, 7) is 0.235. The third kappa shape index (κ3) is 4.33. The molecule has 29 heavy (non-hydrogen) atoms. The van der Waals surface area contributed by atoms with Gasteiger partial charge in [0.05, 0.1) is 22.5 Å². The molecule has 1 aliphatic rings. The summed E-state index contributed by atoms with van der Waals surface area (Å²) in [4.78, 5) is 0. The molecule has 3 N–H and O–H groups in total. The molecule has 2 heterocycles. The van der Waals surface area contributed by atoms with E-state index < -0.39 is 11.7 Å². The lowest BCUT2D eigenvalue weighted by molar-refractivity contribution is -0.138. The number of nitrogens with one attached hydrogen (secondary N) is 1. The molecular formula is C21H23F3N4S. The molecule has 4 nitrogen and oxygen atoms in total. The number of thiophene rings is 1. The molecular weight excluding hydrogens is 397 g/mol. The minimum Gasteiger partial charge on any atom is -0.373 e. The Hall–Kier alpha value is -2.32. The van der Waals surface area contributed by atoms with Crippen LogP contribution in [0.1, 0.15) is 35.4 Å². The van der Waals surface area contributed by atoms with Gasteiger partial charge in [-0.05, 0) is 42.9 Å². The Morgan fingerprint density at radius 1 is 1.31 bits per heavy atom. The van der Waals surface area contributed by atoms with Gasteiger partial charge in [-0.2, -0.15) is 18.3 Å². The second-order valence-corrected chi connectivity index (χ2v) is 8.39. The zero-order chi connectivity index (χ0) is 20.6. The molecule has 4 rings (SSSR count). The Labute approximate surface area is 171 Å². The molecule has 0 spiro atoms. The molecule has 1 aromatic carbocycles. The van der Waals surface area contributed by atoms with Crippen molar-refractivity contribution in [3.8, 4) is 11.3 Å². The van der Waals surface area contributed by atoms with Crippen LogP contribution in [0, 0.1) is 0 Å². The van der Waals surface area contributed by atoms with Gasteiger partial charge < -0.3 is 11.1 Å². The van der Waals surface area contributed by atoms with Crippen LogP contribution in [0.2, 0.25) is 0 Å². The number of nitrogens with zero attached hydrogens (tertiary/aromatic N) is 2. The predicted molar refractivity (Wildman–Crippen MR) is 110 cm³/mol. The summed E-state index contributed by atoms with van der Waals surface area (Å²) in [5.74, 6) is 0.589. The molecule has 154 valence electrons. The first-order valence-corrected chi connectivity index (χ1v) is 10.5. The van der Waals surface area contributed by atoms with Crippen LogP contribution in [0.3, 0.4) is 0 Å². The summed E-state index contributed by atoms with van der Waals surface area (Å²) in [7, 11) is 1.93. The van der Waals surface area contributed by atoms with Crippen LogP contribution < -0.4 is 11.1 Å². The number of nitrogens with two attached hydrogens (primary N) is 1. The van der Waals surface area contributed by atoms with Crippen molar-refractivity contribution in [3.05, 3.63) is 58.6 Å². The molecule has 1 aliphatic carbocycles. The molecule has 0 unspecified atom stereocenters. The van der Waals surface area contributed by atoms with Gasteiger partial charge in [-0.15, -0.1) is 11.3 Å². The molecule has 0 radical (unpaired) electrons. The number of hydrogen-bond acceptors (Lipinski definition) is 4. The lowest BCUT2D eigenvalue weighted by Gasteiger charge is -2.19. The van der Waals surface area contributed by atoms with Crippen molar-refractivity contribution in [1.82, 2.24) is 9.78 Å². The van der Waals surface area contributed by atoms with Crippen molar-refractivity contribution in [3.63, 3.8) is 0 Å². The maximum Gasteiger partial charge on any atom is 0.416 e. The van der Waals surface area contributed by atoms with Gasteiger partial charge in [0.1, 0.15) is 0 Å². The van der Waals surface area contributed by atoms with Crippen LogP contribution in [0.4, 0.5) is 18.2 Å². The van der Waals surface area contributed by atoms with Gasteiger partial charge in [-0.25, -0.2) is 0 Å². The summed E-state index contributed by atoms with van der Waals surface area (Å²) in [6, 6.07) is 7.42. The summed E-state index contributed by atoms with van der Waals surface area (Å²) in [6.07, 6.45) is 0.168. The highest BCUT2D eigenvalue weighted by Crippen LogP contribution is 2.45. The van der Waals surface area contributed by atoms with E-state index in [1.807, 2.05) is 24.0 Å². The average Bonchev–Trinajstić information content (AvgIpc) is 3.31. The van der Waals surface area contributed by atoms with Gasteiger partial charge in [0.25, 0.3) is 0 Å². The van der Waals surface area contributed by atoms with Crippen LogP contribution in [0.5, 0.6) is 0 Å². The molecule has 1 fully saturated rings. The van der Waals surface area contributed by atoms with E-state index in [0.29, 0.717) is 5.92 Å². The third-order valence-electron chi connectivity index (χ3n) is 5.28. The molecule has 0 bridgehead atoms. The number of halogens is 3. The lowest BCUT2D eigenvalue weighted by Crippen LogP contribution is -2.31. The van der Waals surface area contributed by atoms with Crippen LogP contribution in [-0.4, -0.2) is 22.4 Å². The van der Waals surface area contributed by atoms with Crippen LogP contribution in [-0.2, 0) is 19.6 Å². The normalized spacial score (nSPS) is 15.5. The number of anilines is 1. The molecule has 3 aromatic rings. The van der Waals surface area contributed by atoms with Crippen molar-refractivity contribution in [2.24, 2.45) is 12.8 Å². The van der Waals surface area contributed by atoms with Crippen molar-refractivity contribution < 1.29 is 13.2 Å². The maximum atomic E-state index is 13.3.